The minimum absolute atomic E-state index is 0.413. The Morgan fingerprint density at radius 2 is 1.62 bits per heavy atom. The van der Waals surface area contributed by atoms with E-state index >= 15 is 0 Å². The minimum atomic E-state index is 0.413. The largest absolute Gasteiger partial charge is 0.298 e. The van der Waals surface area contributed by atoms with E-state index in [0.717, 1.165) is 0 Å². The van der Waals surface area contributed by atoms with Crippen LogP contribution in [0, 0.1) is 5.41 Å². The first-order chi connectivity index (χ1) is 5.87. The molecule has 0 aromatic carbocycles. The summed E-state index contributed by atoms with van der Waals surface area (Å²) in [5.41, 5.74) is 0.997. The molecule has 1 fully saturated rings. The van der Waals surface area contributed by atoms with Crippen LogP contribution < -0.4 is 0 Å². The zero-order valence-electron chi connectivity index (χ0n) is 9.98. The van der Waals surface area contributed by atoms with Gasteiger partial charge in [0.2, 0.25) is 0 Å². The zero-order chi connectivity index (χ0) is 10.1. The molecule has 0 aromatic rings. The first-order valence-electron chi connectivity index (χ1n) is 5.62. The Bertz CT molecular complexity index is 160. The summed E-state index contributed by atoms with van der Waals surface area (Å²) < 4.78 is 0. The molecule has 1 aliphatic heterocycles. The highest BCUT2D eigenvalue weighted by atomic mass is 15.2. The fraction of sp³-hybridized carbons (Fsp3) is 1.00. The van der Waals surface area contributed by atoms with Crippen molar-refractivity contribution in [1.82, 2.24) is 4.90 Å². The van der Waals surface area contributed by atoms with Crippen LogP contribution in [0.4, 0.5) is 0 Å². The van der Waals surface area contributed by atoms with Crippen LogP contribution in [-0.4, -0.2) is 23.5 Å². The van der Waals surface area contributed by atoms with Gasteiger partial charge in [-0.05, 0) is 51.6 Å². The smallest absolute Gasteiger partial charge is 0.0150 e. The van der Waals surface area contributed by atoms with Gasteiger partial charge in [0.1, 0.15) is 0 Å². The van der Waals surface area contributed by atoms with Crippen LogP contribution in [0.5, 0.6) is 0 Å². The molecule has 1 heterocycles. The van der Waals surface area contributed by atoms with Crippen LogP contribution in [0.2, 0.25) is 0 Å². The number of rotatable bonds is 2. The molecule has 0 aliphatic carbocycles. The van der Waals surface area contributed by atoms with Crippen LogP contribution in [-0.2, 0) is 0 Å². The highest BCUT2D eigenvalue weighted by molar-refractivity contribution is 4.86. The second-order valence-electron chi connectivity index (χ2n) is 5.82. The van der Waals surface area contributed by atoms with Gasteiger partial charge in [-0.25, -0.2) is 0 Å². The van der Waals surface area contributed by atoms with Crippen LogP contribution >= 0.6 is 0 Å². The van der Waals surface area contributed by atoms with Gasteiger partial charge in [-0.15, -0.1) is 0 Å². The maximum atomic E-state index is 2.65. The molecule has 13 heavy (non-hydrogen) atoms. The predicted octanol–water partition coefficient (Wildman–Crippen LogP) is 3.30. The molecule has 0 bridgehead atoms. The molecular formula is C12H25N. The van der Waals surface area contributed by atoms with Crippen molar-refractivity contribution in [3.05, 3.63) is 0 Å². The lowest BCUT2D eigenvalue weighted by atomic mass is 9.81. The molecule has 0 spiro atoms. The van der Waals surface area contributed by atoms with Gasteiger partial charge in [-0.3, -0.25) is 4.90 Å². The molecule has 0 unspecified atom stereocenters. The molecule has 1 aliphatic rings. The van der Waals surface area contributed by atoms with E-state index in [1.807, 2.05) is 0 Å². The molecule has 0 radical (unpaired) electrons. The van der Waals surface area contributed by atoms with Gasteiger partial charge >= 0.3 is 0 Å². The van der Waals surface area contributed by atoms with Crippen LogP contribution in [0.15, 0.2) is 0 Å². The van der Waals surface area contributed by atoms with E-state index in [-0.39, 0.29) is 0 Å². The van der Waals surface area contributed by atoms with Crippen molar-refractivity contribution in [1.29, 1.82) is 0 Å². The normalized spacial score (nSPS) is 24.7. The van der Waals surface area contributed by atoms with Gasteiger partial charge in [0.05, 0.1) is 0 Å². The highest BCUT2D eigenvalue weighted by Gasteiger charge is 2.32. The Balaban J connectivity index is 2.50. The molecule has 1 rings (SSSR count). The third kappa shape index (κ3) is 2.70. The Morgan fingerprint density at radius 1 is 1.15 bits per heavy atom. The fourth-order valence-corrected chi connectivity index (χ4v) is 1.94. The maximum absolute atomic E-state index is 2.65. The molecule has 0 atom stereocenters. The molecule has 1 saturated heterocycles. The number of hydrogen-bond acceptors (Lipinski definition) is 1. The monoisotopic (exact) mass is 183 g/mol. The van der Waals surface area contributed by atoms with Crippen molar-refractivity contribution in [3.8, 4) is 0 Å². The fourth-order valence-electron chi connectivity index (χ4n) is 1.94. The standard InChI is InChI=1S/C12H25N/c1-6-12(4,5)13-9-7-11(2,3)8-10-13/h6-10H2,1-5H3. The van der Waals surface area contributed by atoms with Crippen LogP contribution in [0.25, 0.3) is 0 Å². The molecular weight excluding hydrogens is 158 g/mol. The lowest BCUT2D eigenvalue weighted by molar-refractivity contribution is 0.0465. The molecule has 0 N–H and O–H groups in total. The summed E-state index contributed by atoms with van der Waals surface area (Å²) >= 11 is 0. The van der Waals surface area contributed by atoms with E-state index in [2.05, 4.69) is 39.5 Å². The van der Waals surface area contributed by atoms with E-state index in [1.165, 1.54) is 32.4 Å². The van der Waals surface area contributed by atoms with Crippen molar-refractivity contribution in [2.24, 2.45) is 5.41 Å². The Hall–Kier alpha value is -0.0400. The molecule has 0 saturated carbocycles. The molecule has 0 aromatic heterocycles. The Morgan fingerprint density at radius 3 is 2.00 bits per heavy atom. The minimum Gasteiger partial charge on any atom is -0.298 e. The molecule has 0 amide bonds. The number of piperidine rings is 1. The maximum Gasteiger partial charge on any atom is 0.0150 e. The SMILES string of the molecule is CCC(C)(C)N1CCC(C)(C)CC1. The van der Waals surface area contributed by atoms with Crippen LogP contribution in [0.1, 0.15) is 53.9 Å². The zero-order valence-corrected chi connectivity index (χ0v) is 9.98. The summed E-state index contributed by atoms with van der Waals surface area (Å²) in [6, 6.07) is 0. The van der Waals surface area contributed by atoms with E-state index < -0.39 is 0 Å². The molecule has 78 valence electrons. The van der Waals surface area contributed by atoms with E-state index in [4.69, 9.17) is 0 Å². The third-order valence-corrected chi connectivity index (χ3v) is 3.84. The Labute approximate surface area is 83.5 Å². The van der Waals surface area contributed by atoms with Crippen molar-refractivity contribution < 1.29 is 0 Å². The predicted molar refractivity (Wildman–Crippen MR) is 59.0 cm³/mol. The van der Waals surface area contributed by atoms with Gasteiger partial charge in [-0.1, -0.05) is 20.8 Å². The summed E-state index contributed by atoms with van der Waals surface area (Å²) in [5, 5.41) is 0. The summed E-state index contributed by atoms with van der Waals surface area (Å²) in [6.45, 7) is 14.4. The number of likely N-dealkylation sites (tertiary alicyclic amines) is 1. The Kier molecular flexibility index (Phi) is 3.06. The van der Waals surface area contributed by atoms with Crippen molar-refractivity contribution >= 4 is 0 Å². The van der Waals surface area contributed by atoms with Gasteiger partial charge in [0.25, 0.3) is 0 Å². The van der Waals surface area contributed by atoms with Gasteiger partial charge in [-0.2, -0.15) is 0 Å². The number of hydrogen-bond donors (Lipinski definition) is 0. The lowest BCUT2D eigenvalue weighted by Gasteiger charge is -2.45. The topological polar surface area (TPSA) is 3.24 Å². The summed E-state index contributed by atoms with van der Waals surface area (Å²) in [6.07, 6.45) is 3.97. The van der Waals surface area contributed by atoms with E-state index in [0.29, 0.717) is 11.0 Å². The van der Waals surface area contributed by atoms with Gasteiger partial charge < -0.3 is 0 Å². The second-order valence-corrected chi connectivity index (χ2v) is 5.82. The summed E-state index contributed by atoms with van der Waals surface area (Å²) in [7, 11) is 0. The summed E-state index contributed by atoms with van der Waals surface area (Å²) in [4.78, 5) is 2.65. The van der Waals surface area contributed by atoms with E-state index in [1.54, 1.807) is 0 Å². The average molecular weight is 183 g/mol. The van der Waals surface area contributed by atoms with Gasteiger partial charge in [0, 0.05) is 5.54 Å². The first-order valence-corrected chi connectivity index (χ1v) is 5.62. The van der Waals surface area contributed by atoms with Crippen LogP contribution in [0.3, 0.4) is 0 Å². The van der Waals surface area contributed by atoms with E-state index in [9.17, 15) is 0 Å². The molecule has 1 heteroatoms. The average Bonchev–Trinajstić information content (AvgIpc) is 2.04. The van der Waals surface area contributed by atoms with Crippen molar-refractivity contribution in [2.45, 2.75) is 59.4 Å². The lowest BCUT2D eigenvalue weighted by Crippen LogP contribution is -2.49. The van der Waals surface area contributed by atoms with Gasteiger partial charge in [0.15, 0.2) is 0 Å². The molecule has 1 nitrogen and oxygen atoms in total. The quantitative estimate of drug-likeness (QED) is 0.635. The van der Waals surface area contributed by atoms with Crippen molar-refractivity contribution in [3.63, 3.8) is 0 Å². The second kappa shape index (κ2) is 3.61. The third-order valence-electron chi connectivity index (χ3n) is 3.84. The highest BCUT2D eigenvalue weighted by Crippen LogP contribution is 2.33. The summed E-state index contributed by atoms with van der Waals surface area (Å²) in [5.74, 6) is 0. The first kappa shape index (κ1) is 11.0. The number of nitrogens with zero attached hydrogens (tertiary/aromatic N) is 1. The van der Waals surface area contributed by atoms with Crippen molar-refractivity contribution in [2.75, 3.05) is 13.1 Å².